The highest BCUT2D eigenvalue weighted by Gasteiger charge is 2.27. The first-order chi connectivity index (χ1) is 13.5. The van der Waals surface area contributed by atoms with Crippen LogP contribution < -0.4 is 10.6 Å². The Balaban J connectivity index is 1.62. The first-order valence-corrected chi connectivity index (χ1v) is 9.41. The Hall–Kier alpha value is -2.99. The highest BCUT2D eigenvalue weighted by Crippen LogP contribution is 2.21. The third-order valence-electron chi connectivity index (χ3n) is 4.38. The Morgan fingerprint density at radius 3 is 2.57 bits per heavy atom. The van der Waals surface area contributed by atoms with Crippen LogP contribution in [0.3, 0.4) is 0 Å². The molecule has 2 heterocycles. The molecule has 3 N–H and O–H groups in total. The van der Waals surface area contributed by atoms with Crippen LogP contribution in [0, 0.1) is 6.92 Å². The summed E-state index contributed by atoms with van der Waals surface area (Å²) in [5.74, 6) is 2.83. The fourth-order valence-corrected chi connectivity index (χ4v) is 2.75. The van der Waals surface area contributed by atoms with Gasteiger partial charge in [0, 0.05) is 13.0 Å². The molecule has 2 aromatic heterocycles. The second kappa shape index (κ2) is 9.28. The van der Waals surface area contributed by atoms with Crippen molar-refractivity contribution in [2.45, 2.75) is 32.4 Å². The molecule has 3 aromatic rings. The number of guanidine groups is 1. The summed E-state index contributed by atoms with van der Waals surface area (Å²) in [4.78, 5) is 4.64. The fraction of sp³-hybridized carbons (Fsp3) is 0.318. The predicted octanol–water partition coefficient (Wildman–Crippen LogP) is 3.37. The van der Waals surface area contributed by atoms with Crippen LogP contribution in [0.1, 0.15) is 29.8 Å². The van der Waals surface area contributed by atoms with E-state index < -0.39 is 5.60 Å². The lowest BCUT2D eigenvalue weighted by Gasteiger charge is -2.23. The molecular formula is C22H27N3O3. The zero-order valence-corrected chi connectivity index (χ0v) is 16.3. The van der Waals surface area contributed by atoms with Gasteiger partial charge in [0.2, 0.25) is 0 Å². The fourth-order valence-electron chi connectivity index (χ4n) is 2.75. The standard InChI is InChI=1S/C22H27N3O3/c1-17-10-11-20(28-17)22(2,26)16-25-21(23-13-12-19-9-6-14-27-19)24-15-18-7-4-3-5-8-18/h3-11,14,26H,12-13,15-16H2,1-2H3,(H2,23,24,25). The minimum atomic E-state index is -1.15. The second-order valence-electron chi connectivity index (χ2n) is 6.94. The number of hydrogen-bond donors (Lipinski definition) is 3. The topological polar surface area (TPSA) is 82.9 Å². The zero-order valence-electron chi connectivity index (χ0n) is 16.3. The summed E-state index contributed by atoms with van der Waals surface area (Å²) in [7, 11) is 0. The van der Waals surface area contributed by atoms with Crippen LogP contribution >= 0.6 is 0 Å². The minimum absolute atomic E-state index is 0.265. The van der Waals surface area contributed by atoms with Gasteiger partial charge in [-0.3, -0.25) is 0 Å². The molecule has 0 aliphatic carbocycles. The van der Waals surface area contributed by atoms with Gasteiger partial charge in [0.05, 0.1) is 19.4 Å². The maximum Gasteiger partial charge on any atom is 0.191 e. The van der Waals surface area contributed by atoms with E-state index in [4.69, 9.17) is 8.83 Å². The summed E-state index contributed by atoms with van der Waals surface area (Å²) in [5.41, 5.74) is -0.0344. The van der Waals surface area contributed by atoms with Crippen LogP contribution in [-0.2, 0) is 18.6 Å². The highest BCUT2D eigenvalue weighted by atomic mass is 16.4. The van der Waals surface area contributed by atoms with Crippen molar-refractivity contribution in [1.82, 2.24) is 10.6 Å². The Morgan fingerprint density at radius 2 is 1.89 bits per heavy atom. The lowest BCUT2D eigenvalue weighted by molar-refractivity contribution is 0.0378. The molecule has 3 rings (SSSR count). The third-order valence-corrected chi connectivity index (χ3v) is 4.38. The highest BCUT2D eigenvalue weighted by molar-refractivity contribution is 5.79. The van der Waals surface area contributed by atoms with Crippen molar-refractivity contribution in [3.05, 3.63) is 83.7 Å². The number of benzene rings is 1. The van der Waals surface area contributed by atoms with Crippen LogP contribution in [0.25, 0.3) is 0 Å². The van der Waals surface area contributed by atoms with Gasteiger partial charge in [-0.1, -0.05) is 30.3 Å². The molecule has 0 saturated carbocycles. The molecular weight excluding hydrogens is 354 g/mol. The lowest BCUT2D eigenvalue weighted by atomic mass is 10.0. The number of rotatable bonds is 8. The number of aryl methyl sites for hydroxylation is 1. The first kappa shape index (κ1) is 19.8. The maximum absolute atomic E-state index is 10.8. The predicted molar refractivity (Wildman–Crippen MR) is 109 cm³/mol. The van der Waals surface area contributed by atoms with Gasteiger partial charge in [-0.2, -0.15) is 0 Å². The van der Waals surface area contributed by atoms with Crippen molar-refractivity contribution in [1.29, 1.82) is 0 Å². The van der Waals surface area contributed by atoms with Crippen molar-refractivity contribution in [2.75, 3.05) is 13.1 Å². The summed E-state index contributed by atoms with van der Waals surface area (Å²) in [6, 6.07) is 17.5. The largest absolute Gasteiger partial charge is 0.469 e. The van der Waals surface area contributed by atoms with Crippen LogP contribution in [0.5, 0.6) is 0 Å². The monoisotopic (exact) mass is 381 g/mol. The molecule has 6 nitrogen and oxygen atoms in total. The van der Waals surface area contributed by atoms with E-state index in [1.165, 1.54) is 0 Å². The summed E-state index contributed by atoms with van der Waals surface area (Å²) in [5, 5.41) is 17.3. The first-order valence-electron chi connectivity index (χ1n) is 9.41. The smallest absolute Gasteiger partial charge is 0.191 e. The quantitative estimate of drug-likeness (QED) is 0.412. The molecule has 6 heteroatoms. The number of aliphatic imine (C=N–C) groups is 1. The Labute approximate surface area is 165 Å². The number of nitrogens with one attached hydrogen (secondary N) is 2. The van der Waals surface area contributed by atoms with Crippen LogP contribution in [0.2, 0.25) is 0 Å². The third kappa shape index (κ3) is 5.76. The maximum atomic E-state index is 10.8. The minimum Gasteiger partial charge on any atom is -0.469 e. The van der Waals surface area contributed by atoms with Gasteiger partial charge in [0.1, 0.15) is 22.9 Å². The summed E-state index contributed by atoms with van der Waals surface area (Å²) >= 11 is 0. The summed E-state index contributed by atoms with van der Waals surface area (Å²) in [6.07, 6.45) is 2.41. The summed E-state index contributed by atoms with van der Waals surface area (Å²) < 4.78 is 10.9. The molecule has 0 radical (unpaired) electrons. The van der Waals surface area contributed by atoms with E-state index >= 15 is 0 Å². The molecule has 28 heavy (non-hydrogen) atoms. The zero-order chi connectivity index (χ0) is 19.8. The molecule has 0 aliphatic rings. The van der Waals surface area contributed by atoms with Crippen molar-refractivity contribution in [2.24, 2.45) is 4.99 Å². The molecule has 0 amide bonds. The van der Waals surface area contributed by atoms with Gasteiger partial charge in [0.25, 0.3) is 0 Å². The van der Waals surface area contributed by atoms with E-state index in [0.717, 1.165) is 23.5 Å². The number of aliphatic hydroxyl groups is 1. The van der Waals surface area contributed by atoms with Gasteiger partial charge in [-0.25, -0.2) is 4.99 Å². The second-order valence-corrected chi connectivity index (χ2v) is 6.94. The van der Waals surface area contributed by atoms with Gasteiger partial charge < -0.3 is 24.6 Å². The van der Waals surface area contributed by atoms with E-state index in [2.05, 4.69) is 15.6 Å². The van der Waals surface area contributed by atoms with Crippen LogP contribution in [-0.4, -0.2) is 24.2 Å². The molecule has 1 atom stereocenters. The van der Waals surface area contributed by atoms with Crippen molar-refractivity contribution in [3.63, 3.8) is 0 Å². The normalized spacial score (nSPS) is 13.9. The average molecular weight is 381 g/mol. The molecule has 0 bridgehead atoms. The van der Waals surface area contributed by atoms with Gasteiger partial charge in [0.15, 0.2) is 5.96 Å². The van der Waals surface area contributed by atoms with E-state index in [1.807, 2.05) is 55.5 Å². The van der Waals surface area contributed by atoms with Gasteiger partial charge in [-0.05, 0) is 43.7 Å². The van der Waals surface area contributed by atoms with Gasteiger partial charge in [-0.15, -0.1) is 0 Å². The SMILES string of the molecule is Cc1ccc(C(C)(O)CNC(=NCc2ccccc2)NCCc2ccco2)o1. The van der Waals surface area contributed by atoms with Crippen molar-refractivity contribution in [3.8, 4) is 0 Å². The summed E-state index contributed by atoms with van der Waals surface area (Å²) in [6.45, 7) is 5.04. The Morgan fingerprint density at radius 1 is 1.07 bits per heavy atom. The van der Waals surface area contributed by atoms with E-state index in [-0.39, 0.29) is 6.54 Å². The number of furan rings is 2. The van der Waals surface area contributed by atoms with Crippen LogP contribution in [0.4, 0.5) is 0 Å². The van der Waals surface area contributed by atoms with Gasteiger partial charge >= 0.3 is 0 Å². The lowest BCUT2D eigenvalue weighted by Crippen LogP contribution is -2.45. The molecule has 0 spiro atoms. The number of hydrogen-bond acceptors (Lipinski definition) is 4. The van der Waals surface area contributed by atoms with Crippen LogP contribution in [0.15, 0.2) is 74.7 Å². The van der Waals surface area contributed by atoms with E-state index in [0.29, 0.717) is 24.8 Å². The number of nitrogens with zero attached hydrogens (tertiary/aromatic N) is 1. The average Bonchev–Trinajstić information content (AvgIpc) is 3.36. The van der Waals surface area contributed by atoms with Crippen molar-refractivity contribution < 1.29 is 13.9 Å². The van der Waals surface area contributed by atoms with E-state index in [1.54, 1.807) is 19.3 Å². The molecule has 0 fully saturated rings. The Bertz CT molecular complexity index is 868. The molecule has 148 valence electrons. The van der Waals surface area contributed by atoms with Crippen molar-refractivity contribution >= 4 is 5.96 Å². The molecule has 0 saturated heterocycles. The molecule has 1 aromatic carbocycles. The molecule has 0 aliphatic heterocycles. The Kier molecular flexibility index (Phi) is 6.55. The molecule has 1 unspecified atom stereocenters. The van der Waals surface area contributed by atoms with E-state index in [9.17, 15) is 5.11 Å².